The zero-order chi connectivity index (χ0) is 16.5. The number of carbonyl (C=O) groups excluding carboxylic acids is 1. The number of fused-ring (bicyclic) bond motifs is 1. The fraction of sp³-hybridized carbons (Fsp3) is 0.158. The van der Waals surface area contributed by atoms with Gasteiger partial charge in [-0.3, -0.25) is 9.80 Å². The predicted molar refractivity (Wildman–Crippen MR) is 90.4 cm³/mol. The molecule has 0 radical (unpaired) electrons. The summed E-state index contributed by atoms with van der Waals surface area (Å²) >= 11 is 0. The highest BCUT2D eigenvalue weighted by Gasteiger charge is 2.30. The molecule has 1 fully saturated rings. The van der Waals surface area contributed by atoms with Crippen LogP contribution < -0.4 is 5.01 Å². The summed E-state index contributed by atoms with van der Waals surface area (Å²) in [5, 5.41) is 14.9. The lowest BCUT2D eigenvalue weighted by atomic mass is 10.0. The fourth-order valence-corrected chi connectivity index (χ4v) is 3.21. The number of hydrogen-bond acceptors (Lipinski definition) is 4. The molecule has 3 aromatic rings. The van der Waals surface area contributed by atoms with Crippen LogP contribution in [0.3, 0.4) is 0 Å². The van der Waals surface area contributed by atoms with Crippen molar-refractivity contribution in [2.24, 2.45) is 0 Å². The number of hydrogen-bond donors (Lipinski definition) is 0. The van der Waals surface area contributed by atoms with E-state index in [1.807, 2.05) is 41.4 Å². The standard InChI is InChI=1S/C19H15N3O2/c20-13-14-8-9-17(16-6-2-1-5-15(14)16)21-10-4-11-22(21)19(23)18-7-3-12-24-18/h1-3,5-9,12H,4,10-11H2. The molecule has 4 rings (SSSR count). The van der Waals surface area contributed by atoms with Gasteiger partial charge in [-0.2, -0.15) is 5.26 Å². The molecule has 0 aliphatic carbocycles. The molecule has 118 valence electrons. The van der Waals surface area contributed by atoms with E-state index in [-0.39, 0.29) is 5.91 Å². The van der Waals surface area contributed by atoms with Crippen LogP contribution in [0.2, 0.25) is 0 Å². The van der Waals surface area contributed by atoms with Gasteiger partial charge in [-0.05, 0) is 30.7 Å². The summed E-state index contributed by atoms with van der Waals surface area (Å²) in [6, 6.07) is 17.1. The average Bonchev–Trinajstić information content (AvgIpc) is 3.32. The monoisotopic (exact) mass is 317 g/mol. The van der Waals surface area contributed by atoms with E-state index in [0.29, 0.717) is 17.9 Å². The quantitative estimate of drug-likeness (QED) is 0.725. The van der Waals surface area contributed by atoms with Gasteiger partial charge in [0, 0.05) is 23.9 Å². The lowest BCUT2D eigenvalue weighted by molar-refractivity contribution is 0.0745. The smallest absolute Gasteiger partial charge is 0.308 e. The first-order chi connectivity index (χ1) is 11.8. The SMILES string of the molecule is N#Cc1ccc(N2CCCN2C(=O)c2ccco2)c2ccccc12. The lowest BCUT2D eigenvalue weighted by Gasteiger charge is -2.30. The molecule has 0 atom stereocenters. The van der Waals surface area contributed by atoms with E-state index < -0.39 is 0 Å². The molecule has 2 aromatic carbocycles. The number of benzene rings is 2. The Hall–Kier alpha value is -3.26. The van der Waals surface area contributed by atoms with Gasteiger partial charge in [-0.1, -0.05) is 24.3 Å². The highest BCUT2D eigenvalue weighted by Crippen LogP contribution is 2.32. The molecule has 1 amide bonds. The van der Waals surface area contributed by atoms with Crippen molar-refractivity contribution in [2.75, 3.05) is 18.1 Å². The molecule has 0 unspecified atom stereocenters. The molecule has 0 bridgehead atoms. The second-order valence-corrected chi connectivity index (χ2v) is 5.67. The van der Waals surface area contributed by atoms with Gasteiger partial charge in [0.1, 0.15) is 0 Å². The van der Waals surface area contributed by atoms with Crippen molar-refractivity contribution in [2.45, 2.75) is 6.42 Å². The van der Waals surface area contributed by atoms with Gasteiger partial charge < -0.3 is 4.42 Å². The third kappa shape index (κ3) is 2.20. The minimum atomic E-state index is -0.147. The van der Waals surface area contributed by atoms with Crippen LogP contribution in [0.15, 0.2) is 59.2 Å². The summed E-state index contributed by atoms with van der Waals surface area (Å²) in [6.07, 6.45) is 2.39. The van der Waals surface area contributed by atoms with E-state index in [2.05, 4.69) is 6.07 Å². The molecule has 1 aliphatic rings. The number of carbonyl (C=O) groups is 1. The van der Waals surface area contributed by atoms with Gasteiger partial charge in [-0.15, -0.1) is 0 Å². The molecular formula is C19H15N3O2. The topological polar surface area (TPSA) is 60.5 Å². The highest BCUT2D eigenvalue weighted by molar-refractivity contribution is 5.99. The van der Waals surface area contributed by atoms with Crippen LogP contribution in [0, 0.1) is 11.3 Å². The minimum absolute atomic E-state index is 0.147. The first kappa shape index (κ1) is 14.3. The first-order valence-electron chi connectivity index (χ1n) is 7.84. The Kier molecular flexibility index (Phi) is 3.43. The van der Waals surface area contributed by atoms with Crippen molar-refractivity contribution in [3.8, 4) is 6.07 Å². The summed E-state index contributed by atoms with van der Waals surface area (Å²) in [7, 11) is 0. The summed E-state index contributed by atoms with van der Waals surface area (Å²) < 4.78 is 5.25. The normalized spacial score (nSPS) is 14.1. The first-order valence-corrected chi connectivity index (χ1v) is 7.84. The van der Waals surface area contributed by atoms with Crippen LogP contribution in [0.25, 0.3) is 10.8 Å². The number of hydrazine groups is 1. The van der Waals surface area contributed by atoms with E-state index in [0.717, 1.165) is 29.4 Å². The fourth-order valence-electron chi connectivity index (χ4n) is 3.21. The minimum Gasteiger partial charge on any atom is -0.459 e. The van der Waals surface area contributed by atoms with Crippen molar-refractivity contribution in [3.63, 3.8) is 0 Å². The van der Waals surface area contributed by atoms with Crippen molar-refractivity contribution in [1.82, 2.24) is 5.01 Å². The van der Waals surface area contributed by atoms with Gasteiger partial charge in [0.15, 0.2) is 5.76 Å². The lowest BCUT2D eigenvalue weighted by Crippen LogP contribution is -2.41. The molecule has 1 saturated heterocycles. The number of anilines is 1. The zero-order valence-electron chi connectivity index (χ0n) is 13.0. The second-order valence-electron chi connectivity index (χ2n) is 5.67. The maximum Gasteiger partial charge on any atom is 0.308 e. The van der Waals surface area contributed by atoms with Crippen LogP contribution in [0.1, 0.15) is 22.5 Å². The third-order valence-electron chi connectivity index (χ3n) is 4.30. The van der Waals surface area contributed by atoms with E-state index >= 15 is 0 Å². The maximum atomic E-state index is 12.7. The molecule has 5 heteroatoms. The molecule has 0 N–H and O–H groups in total. The Morgan fingerprint density at radius 3 is 2.62 bits per heavy atom. The molecular weight excluding hydrogens is 302 g/mol. The summed E-state index contributed by atoms with van der Waals surface area (Å²) in [5.41, 5.74) is 1.57. The summed E-state index contributed by atoms with van der Waals surface area (Å²) in [6.45, 7) is 1.40. The third-order valence-corrected chi connectivity index (χ3v) is 4.30. The van der Waals surface area contributed by atoms with Crippen LogP contribution in [-0.4, -0.2) is 24.0 Å². The number of furan rings is 1. The Morgan fingerprint density at radius 2 is 1.88 bits per heavy atom. The average molecular weight is 317 g/mol. The Labute approximate surface area is 139 Å². The van der Waals surface area contributed by atoms with Crippen molar-refractivity contribution < 1.29 is 9.21 Å². The largest absolute Gasteiger partial charge is 0.459 e. The Bertz CT molecular complexity index is 941. The van der Waals surface area contributed by atoms with Crippen LogP contribution in [0.5, 0.6) is 0 Å². The molecule has 0 saturated carbocycles. The summed E-state index contributed by atoms with van der Waals surface area (Å²) in [4.78, 5) is 12.7. The predicted octanol–water partition coefficient (Wildman–Crippen LogP) is 3.57. The molecule has 1 aliphatic heterocycles. The molecule has 0 spiro atoms. The van der Waals surface area contributed by atoms with Gasteiger partial charge in [0.05, 0.1) is 23.6 Å². The van der Waals surface area contributed by atoms with Crippen molar-refractivity contribution >= 4 is 22.4 Å². The number of amides is 1. The number of nitriles is 1. The molecule has 2 heterocycles. The van der Waals surface area contributed by atoms with Gasteiger partial charge in [-0.25, -0.2) is 5.01 Å². The summed E-state index contributed by atoms with van der Waals surface area (Å²) in [5.74, 6) is 0.186. The van der Waals surface area contributed by atoms with Gasteiger partial charge >= 0.3 is 5.91 Å². The van der Waals surface area contributed by atoms with E-state index in [9.17, 15) is 10.1 Å². The highest BCUT2D eigenvalue weighted by atomic mass is 16.3. The molecule has 1 aromatic heterocycles. The van der Waals surface area contributed by atoms with E-state index in [1.165, 1.54) is 6.26 Å². The Morgan fingerprint density at radius 1 is 1.04 bits per heavy atom. The van der Waals surface area contributed by atoms with Crippen molar-refractivity contribution in [1.29, 1.82) is 5.26 Å². The van der Waals surface area contributed by atoms with Crippen LogP contribution >= 0.6 is 0 Å². The van der Waals surface area contributed by atoms with Gasteiger partial charge in [0.2, 0.25) is 0 Å². The van der Waals surface area contributed by atoms with E-state index in [4.69, 9.17) is 4.42 Å². The van der Waals surface area contributed by atoms with Crippen molar-refractivity contribution in [3.05, 3.63) is 66.1 Å². The Balaban J connectivity index is 1.80. The van der Waals surface area contributed by atoms with E-state index in [1.54, 1.807) is 17.1 Å². The van der Waals surface area contributed by atoms with Crippen LogP contribution in [-0.2, 0) is 0 Å². The number of nitrogens with zero attached hydrogens (tertiary/aromatic N) is 3. The molecule has 24 heavy (non-hydrogen) atoms. The number of rotatable bonds is 2. The van der Waals surface area contributed by atoms with Crippen LogP contribution in [0.4, 0.5) is 5.69 Å². The maximum absolute atomic E-state index is 12.7. The zero-order valence-corrected chi connectivity index (χ0v) is 13.0. The molecule has 5 nitrogen and oxygen atoms in total. The van der Waals surface area contributed by atoms with Gasteiger partial charge in [0.25, 0.3) is 0 Å². The second kappa shape index (κ2) is 5.74.